The zero-order valence-electron chi connectivity index (χ0n) is 13.8. The average Bonchev–Trinajstić information content (AvgIpc) is 3.17. The van der Waals surface area contributed by atoms with E-state index in [9.17, 15) is 9.59 Å². The van der Waals surface area contributed by atoms with Gasteiger partial charge in [-0.05, 0) is 48.9 Å². The summed E-state index contributed by atoms with van der Waals surface area (Å²) in [6, 6.07) is 11.8. The van der Waals surface area contributed by atoms with Crippen molar-refractivity contribution in [3.63, 3.8) is 0 Å². The summed E-state index contributed by atoms with van der Waals surface area (Å²) in [6.07, 6.45) is 2.97. The summed E-state index contributed by atoms with van der Waals surface area (Å²) in [5, 5.41) is 7.03. The molecule has 0 spiro atoms. The van der Waals surface area contributed by atoms with Crippen molar-refractivity contribution in [3.05, 3.63) is 71.3 Å². The quantitative estimate of drug-likeness (QED) is 0.698. The summed E-state index contributed by atoms with van der Waals surface area (Å²) < 4.78 is 6.59. The summed E-state index contributed by atoms with van der Waals surface area (Å²) in [5.41, 5.74) is 2.53. The Morgan fingerprint density at radius 3 is 2.62 bits per heavy atom. The van der Waals surface area contributed by atoms with Crippen LogP contribution in [0.1, 0.15) is 15.9 Å². The lowest BCUT2D eigenvalue weighted by atomic mass is 10.2. The second-order valence-corrected chi connectivity index (χ2v) is 5.90. The molecule has 2 aromatic carbocycles. The monoisotopic (exact) mass is 370 g/mol. The molecular formula is C18H15ClN4O3. The van der Waals surface area contributed by atoms with Crippen LogP contribution in [-0.4, -0.2) is 33.2 Å². The molecule has 26 heavy (non-hydrogen) atoms. The highest BCUT2D eigenvalue weighted by Gasteiger charge is 2.12. The Balaban J connectivity index is 1.55. The Hall–Kier alpha value is -3.19. The Morgan fingerprint density at radius 2 is 1.96 bits per heavy atom. The van der Waals surface area contributed by atoms with Gasteiger partial charge >= 0.3 is 5.97 Å². The van der Waals surface area contributed by atoms with Gasteiger partial charge in [0.15, 0.2) is 6.61 Å². The molecule has 0 aliphatic rings. The van der Waals surface area contributed by atoms with Crippen molar-refractivity contribution in [1.82, 2.24) is 14.8 Å². The molecule has 132 valence electrons. The summed E-state index contributed by atoms with van der Waals surface area (Å²) >= 11 is 6.06. The van der Waals surface area contributed by atoms with Crippen molar-refractivity contribution < 1.29 is 14.3 Å². The van der Waals surface area contributed by atoms with Crippen molar-refractivity contribution in [2.75, 3.05) is 11.9 Å². The topological polar surface area (TPSA) is 86.1 Å². The minimum absolute atomic E-state index is 0.329. The van der Waals surface area contributed by atoms with E-state index in [4.69, 9.17) is 16.3 Å². The molecule has 0 bridgehead atoms. The molecule has 3 aromatic rings. The summed E-state index contributed by atoms with van der Waals surface area (Å²) in [6.45, 7) is 1.49. The molecule has 3 rings (SSSR count). The third-order valence-corrected chi connectivity index (χ3v) is 3.83. The van der Waals surface area contributed by atoms with Crippen LogP contribution in [0.15, 0.2) is 55.1 Å². The lowest BCUT2D eigenvalue weighted by Gasteiger charge is -2.09. The summed E-state index contributed by atoms with van der Waals surface area (Å²) in [4.78, 5) is 27.8. The third-order valence-electron chi connectivity index (χ3n) is 3.52. The fraction of sp³-hybridized carbons (Fsp3) is 0.111. The van der Waals surface area contributed by atoms with Gasteiger partial charge in [0.25, 0.3) is 5.91 Å². The van der Waals surface area contributed by atoms with Crippen LogP contribution in [0.25, 0.3) is 5.69 Å². The van der Waals surface area contributed by atoms with Gasteiger partial charge in [-0.15, -0.1) is 0 Å². The van der Waals surface area contributed by atoms with E-state index < -0.39 is 18.5 Å². The van der Waals surface area contributed by atoms with Crippen LogP contribution in [0, 0.1) is 6.92 Å². The summed E-state index contributed by atoms with van der Waals surface area (Å²) in [7, 11) is 0. The lowest BCUT2D eigenvalue weighted by molar-refractivity contribution is -0.119. The fourth-order valence-corrected chi connectivity index (χ4v) is 2.50. The number of nitrogens with one attached hydrogen (secondary N) is 1. The number of esters is 1. The predicted molar refractivity (Wildman–Crippen MR) is 96.5 cm³/mol. The number of halogens is 1. The number of rotatable bonds is 5. The zero-order chi connectivity index (χ0) is 18.5. The maximum absolute atomic E-state index is 12.0. The van der Waals surface area contributed by atoms with E-state index in [-0.39, 0.29) is 0 Å². The van der Waals surface area contributed by atoms with Crippen LogP contribution in [0.3, 0.4) is 0 Å². The van der Waals surface area contributed by atoms with Gasteiger partial charge in [-0.3, -0.25) is 4.79 Å². The molecule has 7 nitrogen and oxygen atoms in total. The van der Waals surface area contributed by atoms with Crippen LogP contribution >= 0.6 is 11.6 Å². The lowest BCUT2D eigenvalue weighted by Crippen LogP contribution is -2.21. The van der Waals surface area contributed by atoms with Gasteiger partial charge in [-0.25, -0.2) is 14.5 Å². The highest BCUT2D eigenvalue weighted by Crippen LogP contribution is 2.22. The number of hydrogen-bond acceptors (Lipinski definition) is 5. The molecule has 0 aliphatic heterocycles. The predicted octanol–water partition coefficient (Wildman–Crippen LogP) is 3.02. The number of amides is 1. The molecule has 1 heterocycles. The van der Waals surface area contributed by atoms with Gasteiger partial charge in [0.05, 0.1) is 22.0 Å². The number of hydrogen-bond donors (Lipinski definition) is 1. The van der Waals surface area contributed by atoms with E-state index in [0.29, 0.717) is 16.3 Å². The molecule has 0 aliphatic carbocycles. The van der Waals surface area contributed by atoms with E-state index in [0.717, 1.165) is 11.3 Å². The molecule has 0 fully saturated rings. The van der Waals surface area contributed by atoms with E-state index >= 15 is 0 Å². The Labute approximate surface area is 154 Å². The first-order valence-electron chi connectivity index (χ1n) is 7.71. The zero-order valence-corrected chi connectivity index (χ0v) is 14.6. The fourth-order valence-electron chi connectivity index (χ4n) is 2.21. The smallest absolute Gasteiger partial charge is 0.338 e. The minimum atomic E-state index is -0.597. The first-order chi connectivity index (χ1) is 12.5. The van der Waals surface area contributed by atoms with E-state index in [1.807, 2.05) is 13.0 Å². The van der Waals surface area contributed by atoms with Crippen molar-refractivity contribution >= 4 is 29.2 Å². The maximum atomic E-state index is 12.0. The van der Waals surface area contributed by atoms with Gasteiger partial charge in [0.1, 0.15) is 12.7 Å². The first-order valence-corrected chi connectivity index (χ1v) is 8.09. The van der Waals surface area contributed by atoms with Crippen LogP contribution in [-0.2, 0) is 9.53 Å². The van der Waals surface area contributed by atoms with Crippen LogP contribution < -0.4 is 5.32 Å². The molecule has 1 N–H and O–H groups in total. The largest absolute Gasteiger partial charge is 0.452 e. The molecule has 0 unspecified atom stereocenters. The molecule has 0 radical (unpaired) electrons. The Bertz CT molecular complexity index is 924. The normalized spacial score (nSPS) is 10.4. The Morgan fingerprint density at radius 1 is 1.19 bits per heavy atom. The Kier molecular flexibility index (Phi) is 5.28. The van der Waals surface area contributed by atoms with Crippen LogP contribution in [0.2, 0.25) is 5.02 Å². The van der Waals surface area contributed by atoms with Crippen molar-refractivity contribution in [3.8, 4) is 5.69 Å². The molecule has 0 atom stereocenters. The number of aryl methyl sites for hydroxylation is 1. The number of carbonyl (C=O) groups excluding carboxylic acids is 2. The van der Waals surface area contributed by atoms with E-state index in [1.54, 1.807) is 47.4 Å². The van der Waals surface area contributed by atoms with Crippen LogP contribution in [0.4, 0.5) is 5.69 Å². The molecule has 8 heteroatoms. The van der Waals surface area contributed by atoms with E-state index in [1.165, 1.54) is 6.33 Å². The van der Waals surface area contributed by atoms with Crippen molar-refractivity contribution in [1.29, 1.82) is 0 Å². The molecule has 1 aromatic heterocycles. The number of aromatic nitrogens is 3. The minimum Gasteiger partial charge on any atom is -0.452 e. The van der Waals surface area contributed by atoms with Gasteiger partial charge in [-0.2, -0.15) is 5.10 Å². The highest BCUT2D eigenvalue weighted by molar-refractivity contribution is 6.33. The third kappa shape index (κ3) is 4.25. The van der Waals surface area contributed by atoms with Gasteiger partial charge in [0, 0.05) is 0 Å². The number of nitrogens with zero attached hydrogens (tertiary/aromatic N) is 3. The number of anilines is 1. The van der Waals surface area contributed by atoms with Crippen molar-refractivity contribution in [2.24, 2.45) is 0 Å². The highest BCUT2D eigenvalue weighted by atomic mass is 35.5. The molecule has 1 amide bonds. The van der Waals surface area contributed by atoms with Gasteiger partial charge in [-0.1, -0.05) is 17.7 Å². The SMILES string of the molecule is Cc1ccc(NC(=O)COC(=O)c2ccc(-n3cncn3)cc2)c(Cl)c1. The molecule has 0 saturated heterocycles. The molecule has 0 saturated carbocycles. The maximum Gasteiger partial charge on any atom is 0.338 e. The second kappa shape index (κ2) is 7.79. The van der Waals surface area contributed by atoms with Crippen LogP contribution in [0.5, 0.6) is 0 Å². The van der Waals surface area contributed by atoms with Crippen molar-refractivity contribution in [2.45, 2.75) is 6.92 Å². The second-order valence-electron chi connectivity index (χ2n) is 5.49. The van der Waals surface area contributed by atoms with Gasteiger partial charge in [0.2, 0.25) is 0 Å². The number of carbonyl (C=O) groups is 2. The van der Waals surface area contributed by atoms with E-state index in [2.05, 4.69) is 15.4 Å². The molecular weight excluding hydrogens is 356 g/mol. The standard InChI is InChI=1S/C18H15ClN4O3/c1-12-2-7-16(15(19)8-12)22-17(24)9-26-18(25)13-3-5-14(6-4-13)23-11-20-10-21-23/h2-8,10-11H,9H2,1H3,(H,22,24). The average molecular weight is 371 g/mol. The number of ether oxygens (including phenoxy) is 1. The number of benzene rings is 2. The first kappa shape index (κ1) is 17.6. The summed E-state index contributed by atoms with van der Waals surface area (Å²) in [5.74, 6) is -1.07. The van der Waals surface area contributed by atoms with Gasteiger partial charge < -0.3 is 10.1 Å².